The summed E-state index contributed by atoms with van der Waals surface area (Å²) in [6.07, 6.45) is 0.700. The van der Waals surface area contributed by atoms with Gasteiger partial charge in [-0.1, -0.05) is 12.1 Å². The van der Waals surface area contributed by atoms with E-state index in [0.29, 0.717) is 18.1 Å². The van der Waals surface area contributed by atoms with Crippen LogP contribution in [0.2, 0.25) is 0 Å². The third-order valence-electron chi connectivity index (χ3n) is 1.87. The van der Waals surface area contributed by atoms with E-state index >= 15 is 0 Å². The standard InChI is InChI=1S/C7H10N8O/c1-2-4-9-6(13-10-4)7(16)8-3-5-11-14-15-12-5/h2-3H2,1H3,(H,8,16)(H,9,10,13)(H,11,12,14,15). The number of H-pyrrole nitrogens is 2. The first kappa shape index (κ1) is 10.2. The number of tetrazole rings is 1. The highest BCUT2D eigenvalue weighted by Gasteiger charge is 2.12. The summed E-state index contributed by atoms with van der Waals surface area (Å²) >= 11 is 0. The van der Waals surface area contributed by atoms with Crippen molar-refractivity contribution in [1.82, 2.24) is 41.1 Å². The van der Waals surface area contributed by atoms with Crippen LogP contribution >= 0.6 is 0 Å². The average Bonchev–Trinajstić information content (AvgIpc) is 2.96. The van der Waals surface area contributed by atoms with Gasteiger partial charge in [0.05, 0.1) is 6.54 Å². The van der Waals surface area contributed by atoms with Crippen molar-refractivity contribution < 1.29 is 4.79 Å². The second-order valence-electron chi connectivity index (χ2n) is 2.97. The molecule has 84 valence electrons. The summed E-state index contributed by atoms with van der Waals surface area (Å²) in [5, 5.41) is 22.0. The first-order valence-corrected chi connectivity index (χ1v) is 4.71. The molecule has 2 aromatic heterocycles. The molecule has 0 radical (unpaired) electrons. The van der Waals surface area contributed by atoms with Crippen LogP contribution in [0.25, 0.3) is 0 Å². The van der Waals surface area contributed by atoms with E-state index < -0.39 is 0 Å². The van der Waals surface area contributed by atoms with E-state index in [9.17, 15) is 4.79 Å². The number of carbonyl (C=O) groups is 1. The number of aromatic amines is 2. The quantitative estimate of drug-likeness (QED) is 0.597. The molecule has 0 atom stereocenters. The highest BCUT2D eigenvalue weighted by Crippen LogP contribution is 1.93. The Hall–Kier alpha value is -2.32. The first-order chi connectivity index (χ1) is 7.79. The number of nitrogens with zero attached hydrogens (tertiary/aromatic N) is 5. The van der Waals surface area contributed by atoms with Crippen LogP contribution in [0.1, 0.15) is 29.2 Å². The second kappa shape index (κ2) is 4.47. The third-order valence-corrected chi connectivity index (χ3v) is 1.87. The van der Waals surface area contributed by atoms with Crippen LogP contribution in [0.3, 0.4) is 0 Å². The van der Waals surface area contributed by atoms with Crippen molar-refractivity contribution in [2.45, 2.75) is 19.9 Å². The van der Waals surface area contributed by atoms with Gasteiger partial charge in [0.2, 0.25) is 5.82 Å². The fourth-order valence-corrected chi connectivity index (χ4v) is 1.05. The number of nitrogens with one attached hydrogen (secondary N) is 3. The maximum absolute atomic E-state index is 11.5. The van der Waals surface area contributed by atoms with Gasteiger partial charge in [0, 0.05) is 6.42 Å². The monoisotopic (exact) mass is 222 g/mol. The van der Waals surface area contributed by atoms with Crippen molar-refractivity contribution in [1.29, 1.82) is 0 Å². The van der Waals surface area contributed by atoms with Crippen molar-refractivity contribution in [3.8, 4) is 0 Å². The number of carbonyl (C=O) groups excluding carboxylic acids is 1. The molecule has 2 rings (SSSR count). The molecule has 0 aliphatic carbocycles. The second-order valence-corrected chi connectivity index (χ2v) is 2.97. The summed E-state index contributed by atoms with van der Waals surface area (Å²) in [5.41, 5.74) is 0. The number of aryl methyl sites for hydroxylation is 1. The van der Waals surface area contributed by atoms with E-state index in [1.165, 1.54) is 0 Å². The molecule has 0 saturated heterocycles. The van der Waals surface area contributed by atoms with Crippen LogP contribution in [0.15, 0.2) is 0 Å². The van der Waals surface area contributed by atoms with Crippen LogP contribution in [-0.2, 0) is 13.0 Å². The summed E-state index contributed by atoms with van der Waals surface area (Å²) in [6.45, 7) is 2.10. The van der Waals surface area contributed by atoms with E-state index in [-0.39, 0.29) is 18.3 Å². The van der Waals surface area contributed by atoms with Gasteiger partial charge in [-0.25, -0.2) is 4.98 Å². The SMILES string of the molecule is CCc1nc(C(=O)NCc2nn[nH]n2)n[nH]1. The molecule has 0 fully saturated rings. The number of hydrogen-bond donors (Lipinski definition) is 3. The van der Waals surface area contributed by atoms with Gasteiger partial charge in [-0.2, -0.15) is 5.21 Å². The Labute approximate surface area is 90.1 Å². The molecule has 2 heterocycles. The lowest BCUT2D eigenvalue weighted by Crippen LogP contribution is -2.24. The normalized spacial score (nSPS) is 10.3. The molecule has 0 aromatic carbocycles. The smallest absolute Gasteiger partial charge is 0.291 e. The predicted octanol–water partition coefficient (Wildman–Crippen LogP) is -1.19. The molecule has 0 aliphatic rings. The van der Waals surface area contributed by atoms with Crippen LogP contribution in [0.5, 0.6) is 0 Å². The zero-order chi connectivity index (χ0) is 11.4. The van der Waals surface area contributed by atoms with E-state index in [0.717, 1.165) is 0 Å². The number of rotatable bonds is 4. The van der Waals surface area contributed by atoms with Gasteiger partial charge in [0.25, 0.3) is 5.91 Å². The molecule has 16 heavy (non-hydrogen) atoms. The Morgan fingerprint density at radius 1 is 1.44 bits per heavy atom. The van der Waals surface area contributed by atoms with Crippen LogP contribution < -0.4 is 5.32 Å². The average molecular weight is 222 g/mol. The van der Waals surface area contributed by atoms with Crippen molar-refractivity contribution in [2.24, 2.45) is 0 Å². The molecule has 0 saturated carbocycles. The molecule has 3 N–H and O–H groups in total. The molecule has 9 nitrogen and oxygen atoms in total. The molecule has 9 heteroatoms. The Morgan fingerprint density at radius 2 is 2.31 bits per heavy atom. The molecule has 0 unspecified atom stereocenters. The van der Waals surface area contributed by atoms with Gasteiger partial charge in [-0.15, -0.1) is 15.3 Å². The summed E-state index contributed by atoms with van der Waals surface area (Å²) < 4.78 is 0. The third kappa shape index (κ3) is 2.19. The fraction of sp³-hybridized carbons (Fsp3) is 0.429. The van der Waals surface area contributed by atoms with Crippen LogP contribution in [0, 0.1) is 0 Å². The van der Waals surface area contributed by atoms with Gasteiger partial charge >= 0.3 is 0 Å². The zero-order valence-corrected chi connectivity index (χ0v) is 8.56. The van der Waals surface area contributed by atoms with Gasteiger partial charge in [0.1, 0.15) is 5.82 Å². The largest absolute Gasteiger partial charge is 0.342 e. The van der Waals surface area contributed by atoms with Gasteiger partial charge in [-0.3, -0.25) is 9.89 Å². The van der Waals surface area contributed by atoms with Gasteiger partial charge in [-0.05, 0) is 0 Å². The lowest BCUT2D eigenvalue weighted by Gasteiger charge is -1.96. The molecule has 2 aromatic rings. The predicted molar refractivity (Wildman–Crippen MR) is 51.1 cm³/mol. The molecule has 0 aliphatic heterocycles. The van der Waals surface area contributed by atoms with Crippen LogP contribution in [0.4, 0.5) is 0 Å². The summed E-state index contributed by atoms with van der Waals surface area (Å²) in [7, 11) is 0. The number of hydrogen-bond acceptors (Lipinski definition) is 6. The van der Waals surface area contributed by atoms with E-state index in [1.807, 2.05) is 6.92 Å². The van der Waals surface area contributed by atoms with Crippen molar-refractivity contribution in [3.63, 3.8) is 0 Å². The lowest BCUT2D eigenvalue weighted by atomic mass is 10.4. The number of aromatic nitrogens is 7. The minimum Gasteiger partial charge on any atom is -0.342 e. The molecule has 0 bridgehead atoms. The molecular formula is C7H10N8O. The van der Waals surface area contributed by atoms with E-state index in [4.69, 9.17) is 0 Å². The molecule has 0 spiro atoms. The molecule has 1 amide bonds. The summed E-state index contributed by atoms with van der Waals surface area (Å²) in [4.78, 5) is 15.5. The van der Waals surface area contributed by atoms with Crippen molar-refractivity contribution in [2.75, 3.05) is 0 Å². The maximum Gasteiger partial charge on any atom is 0.291 e. The minimum absolute atomic E-state index is 0.111. The van der Waals surface area contributed by atoms with Gasteiger partial charge < -0.3 is 5.32 Å². The van der Waals surface area contributed by atoms with Crippen LogP contribution in [-0.4, -0.2) is 41.7 Å². The minimum atomic E-state index is -0.374. The Kier molecular flexibility index (Phi) is 2.85. The van der Waals surface area contributed by atoms with E-state index in [2.05, 4.69) is 41.1 Å². The summed E-state index contributed by atoms with van der Waals surface area (Å²) in [6, 6.07) is 0. The zero-order valence-electron chi connectivity index (χ0n) is 8.56. The number of amides is 1. The Morgan fingerprint density at radius 3 is 2.94 bits per heavy atom. The highest BCUT2D eigenvalue weighted by atomic mass is 16.2. The summed E-state index contributed by atoms with van der Waals surface area (Å²) in [5.74, 6) is 0.811. The fourth-order valence-electron chi connectivity index (χ4n) is 1.05. The Balaban J connectivity index is 1.93. The first-order valence-electron chi connectivity index (χ1n) is 4.71. The van der Waals surface area contributed by atoms with Crippen molar-refractivity contribution >= 4 is 5.91 Å². The lowest BCUT2D eigenvalue weighted by molar-refractivity contribution is 0.0940. The van der Waals surface area contributed by atoms with Gasteiger partial charge in [0.15, 0.2) is 5.82 Å². The topological polar surface area (TPSA) is 125 Å². The highest BCUT2D eigenvalue weighted by molar-refractivity contribution is 5.90. The molecular weight excluding hydrogens is 212 g/mol. The Bertz CT molecular complexity index is 460. The van der Waals surface area contributed by atoms with Crippen molar-refractivity contribution in [3.05, 3.63) is 17.5 Å². The van der Waals surface area contributed by atoms with E-state index in [1.54, 1.807) is 0 Å². The maximum atomic E-state index is 11.5.